The first-order valence-electron chi connectivity index (χ1n) is 5.62. The molecule has 1 N–H and O–H groups in total. The number of carbonyl (C=O) groups is 1. The Morgan fingerprint density at radius 1 is 1.43 bits per heavy atom. The largest absolute Gasteiger partial charge is 0.396 e. The summed E-state index contributed by atoms with van der Waals surface area (Å²) in [6.07, 6.45) is 1.82. The van der Waals surface area contributed by atoms with Crippen LogP contribution in [0.25, 0.3) is 0 Å². The minimum atomic E-state index is -0.0846. The van der Waals surface area contributed by atoms with Crippen LogP contribution < -0.4 is 0 Å². The second kappa shape index (κ2) is 3.06. The number of aliphatic hydroxyl groups excluding tert-OH is 1. The predicted molar refractivity (Wildman–Crippen MR) is 54.7 cm³/mol. The lowest BCUT2D eigenvalue weighted by atomic mass is 9.85. The van der Waals surface area contributed by atoms with Crippen LogP contribution in [0.1, 0.15) is 33.6 Å². The summed E-state index contributed by atoms with van der Waals surface area (Å²) in [4.78, 5) is 11.8. The molecule has 0 aromatic heterocycles. The zero-order chi connectivity index (χ0) is 10.5. The Kier molecular flexibility index (Phi) is 2.22. The first kappa shape index (κ1) is 10.2. The van der Waals surface area contributed by atoms with Crippen molar-refractivity contribution in [2.45, 2.75) is 33.6 Å². The fourth-order valence-electron chi connectivity index (χ4n) is 3.26. The van der Waals surface area contributed by atoms with Gasteiger partial charge in [-0.3, -0.25) is 4.79 Å². The summed E-state index contributed by atoms with van der Waals surface area (Å²) in [5.74, 6) is 1.88. The Balaban J connectivity index is 2.13. The molecular weight excluding hydrogens is 176 g/mol. The van der Waals surface area contributed by atoms with Crippen molar-refractivity contribution in [3.8, 4) is 0 Å². The highest BCUT2D eigenvalue weighted by molar-refractivity contribution is 5.82. The maximum atomic E-state index is 11.8. The standard InChI is InChI=1S/C12H20O2/c1-7-4-9-10(12(9,2)3)5-11(14)8(7)6-13/h7-10,13H,4-6H2,1-3H3. The fraction of sp³-hybridized carbons (Fsp3) is 0.917. The lowest BCUT2D eigenvalue weighted by Gasteiger charge is -2.20. The molecule has 80 valence electrons. The zero-order valence-electron chi connectivity index (χ0n) is 9.29. The number of hydrogen-bond acceptors (Lipinski definition) is 2. The molecule has 0 bridgehead atoms. The van der Waals surface area contributed by atoms with Crippen molar-refractivity contribution in [2.24, 2.45) is 29.1 Å². The van der Waals surface area contributed by atoms with E-state index in [1.54, 1.807) is 0 Å². The van der Waals surface area contributed by atoms with Crippen molar-refractivity contribution in [3.05, 3.63) is 0 Å². The molecule has 0 aromatic carbocycles. The van der Waals surface area contributed by atoms with Gasteiger partial charge in [0, 0.05) is 12.3 Å². The molecule has 2 nitrogen and oxygen atoms in total. The summed E-state index contributed by atoms with van der Waals surface area (Å²) in [5.41, 5.74) is 0.379. The topological polar surface area (TPSA) is 37.3 Å². The van der Waals surface area contributed by atoms with Gasteiger partial charge in [-0.1, -0.05) is 20.8 Å². The third-order valence-corrected chi connectivity index (χ3v) is 4.63. The Labute approximate surface area is 85.7 Å². The number of fused-ring (bicyclic) bond motifs is 1. The van der Waals surface area contributed by atoms with Crippen LogP contribution in [0.2, 0.25) is 0 Å². The number of hydrogen-bond donors (Lipinski definition) is 1. The third-order valence-electron chi connectivity index (χ3n) is 4.63. The monoisotopic (exact) mass is 196 g/mol. The maximum Gasteiger partial charge on any atom is 0.138 e. The van der Waals surface area contributed by atoms with E-state index in [2.05, 4.69) is 20.8 Å². The first-order chi connectivity index (χ1) is 6.48. The van der Waals surface area contributed by atoms with Gasteiger partial charge in [-0.2, -0.15) is 0 Å². The highest BCUT2D eigenvalue weighted by Gasteiger charge is 2.59. The van der Waals surface area contributed by atoms with E-state index in [1.807, 2.05) is 0 Å². The van der Waals surface area contributed by atoms with E-state index < -0.39 is 0 Å². The second-order valence-corrected chi connectivity index (χ2v) is 5.71. The Bertz CT molecular complexity index is 257. The van der Waals surface area contributed by atoms with Gasteiger partial charge in [-0.25, -0.2) is 0 Å². The van der Waals surface area contributed by atoms with Crippen molar-refractivity contribution >= 4 is 5.78 Å². The van der Waals surface area contributed by atoms with Crippen LogP contribution in [-0.2, 0) is 4.79 Å². The normalized spacial score (nSPS) is 45.6. The van der Waals surface area contributed by atoms with Crippen LogP contribution >= 0.6 is 0 Å². The lowest BCUT2D eigenvalue weighted by Crippen LogP contribution is -2.25. The molecule has 2 aliphatic carbocycles. The van der Waals surface area contributed by atoms with E-state index in [9.17, 15) is 4.79 Å². The molecule has 0 radical (unpaired) electrons. The van der Waals surface area contributed by atoms with Crippen molar-refractivity contribution in [3.63, 3.8) is 0 Å². The molecule has 0 heterocycles. The Morgan fingerprint density at radius 3 is 2.64 bits per heavy atom. The van der Waals surface area contributed by atoms with Crippen LogP contribution in [0.5, 0.6) is 0 Å². The fourth-order valence-corrected chi connectivity index (χ4v) is 3.26. The Hall–Kier alpha value is -0.370. The summed E-state index contributed by atoms with van der Waals surface area (Å²) in [6, 6.07) is 0. The molecule has 2 fully saturated rings. The smallest absolute Gasteiger partial charge is 0.138 e. The minimum absolute atomic E-state index is 0.0415. The van der Waals surface area contributed by atoms with E-state index in [4.69, 9.17) is 5.11 Å². The third kappa shape index (κ3) is 1.31. The van der Waals surface area contributed by atoms with Crippen molar-refractivity contribution < 1.29 is 9.90 Å². The van der Waals surface area contributed by atoms with Gasteiger partial charge in [0.15, 0.2) is 0 Å². The van der Waals surface area contributed by atoms with E-state index in [0.717, 1.165) is 12.3 Å². The quantitative estimate of drug-likeness (QED) is 0.695. The molecule has 0 spiro atoms. The highest BCUT2D eigenvalue weighted by atomic mass is 16.3. The molecule has 0 amide bonds. The van der Waals surface area contributed by atoms with E-state index >= 15 is 0 Å². The van der Waals surface area contributed by atoms with E-state index in [1.165, 1.54) is 0 Å². The summed E-state index contributed by atoms with van der Waals surface area (Å²) < 4.78 is 0. The number of Topliss-reactive ketones (excluding diaryl/α,β-unsaturated/α-hetero) is 1. The first-order valence-corrected chi connectivity index (χ1v) is 5.62. The summed E-state index contributed by atoms with van der Waals surface area (Å²) in [7, 11) is 0. The number of carbonyl (C=O) groups excluding carboxylic acids is 1. The van der Waals surface area contributed by atoms with Gasteiger partial charge in [0.05, 0.1) is 6.61 Å². The number of aliphatic hydroxyl groups is 1. The van der Waals surface area contributed by atoms with Crippen LogP contribution in [0.4, 0.5) is 0 Å². The molecule has 0 aliphatic heterocycles. The van der Waals surface area contributed by atoms with Crippen LogP contribution in [0.3, 0.4) is 0 Å². The average molecular weight is 196 g/mol. The molecule has 2 rings (SSSR count). The zero-order valence-corrected chi connectivity index (χ0v) is 9.29. The molecule has 0 aromatic rings. The molecule has 4 atom stereocenters. The molecular formula is C12H20O2. The number of ketones is 1. The molecule has 14 heavy (non-hydrogen) atoms. The highest BCUT2D eigenvalue weighted by Crippen LogP contribution is 2.64. The van der Waals surface area contributed by atoms with E-state index in [-0.39, 0.29) is 18.3 Å². The van der Waals surface area contributed by atoms with Crippen molar-refractivity contribution in [1.29, 1.82) is 0 Å². The van der Waals surface area contributed by atoms with Gasteiger partial charge in [0.25, 0.3) is 0 Å². The Morgan fingerprint density at radius 2 is 2.07 bits per heavy atom. The number of rotatable bonds is 1. The maximum absolute atomic E-state index is 11.8. The summed E-state index contributed by atoms with van der Waals surface area (Å²) in [6.45, 7) is 6.68. The van der Waals surface area contributed by atoms with Gasteiger partial charge in [0.1, 0.15) is 5.78 Å². The van der Waals surface area contributed by atoms with Crippen LogP contribution in [-0.4, -0.2) is 17.5 Å². The van der Waals surface area contributed by atoms with E-state index in [0.29, 0.717) is 23.7 Å². The molecule has 2 aliphatic rings. The molecule has 0 saturated heterocycles. The second-order valence-electron chi connectivity index (χ2n) is 5.71. The average Bonchev–Trinajstić information content (AvgIpc) is 2.62. The van der Waals surface area contributed by atoms with Gasteiger partial charge >= 0.3 is 0 Å². The molecule has 2 saturated carbocycles. The lowest BCUT2D eigenvalue weighted by molar-refractivity contribution is -0.125. The predicted octanol–water partition coefficient (Wildman–Crippen LogP) is 1.87. The van der Waals surface area contributed by atoms with Crippen molar-refractivity contribution in [1.82, 2.24) is 0 Å². The minimum Gasteiger partial charge on any atom is -0.396 e. The van der Waals surface area contributed by atoms with Gasteiger partial charge in [0.2, 0.25) is 0 Å². The summed E-state index contributed by atoms with van der Waals surface area (Å²) in [5, 5.41) is 9.17. The SMILES string of the molecule is CC1CC2C(CC(=O)C1CO)C2(C)C. The van der Waals surface area contributed by atoms with Crippen molar-refractivity contribution in [2.75, 3.05) is 6.61 Å². The van der Waals surface area contributed by atoms with Gasteiger partial charge in [-0.15, -0.1) is 0 Å². The van der Waals surface area contributed by atoms with Gasteiger partial charge < -0.3 is 5.11 Å². The van der Waals surface area contributed by atoms with Crippen LogP contribution in [0.15, 0.2) is 0 Å². The van der Waals surface area contributed by atoms with Crippen LogP contribution in [0, 0.1) is 29.1 Å². The van der Waals surface area contributed by atoms with Gasteiger partial charge in [-0.05, 0) is 29.6 Å². The summed E-state index contributed by atoms with van der Waals surface area (Å²) >= 11 is 0. The molecule has 2 heteroatoms. The molecule has 4 unspecified atom stereocenters.